The highest BCUT2D eigenvalue weighted by molar-refractivity contribution is 5.82. The molecular formula is C43H70O5. The van der Waals surface area contributed by atoms with Crippen molar-refractivity contribution in [2.45, 2.75) is 161 Å². The zero-order chi connectivity index (χ0) is 35.0. The Morgan fingerprint density at radius 3 is 1.44 bits per heavy atom. The van der Waals surface area contributed by atoms with Gasteiger partial charge in [0.15, 0.2) is 6.10 Å². The summed E-state index contributed by atoms with van der Waals surface area (Å²) in [5, 5.41) is 9.50. The lowest BCUT2D eigenvalue weighted by Crippen LogP contribution is -2.27. The fourth-order valence-corrected chi connectivity index (χ4v) is 4.97. The quantitative estimate of drug-likeness (QED) is 0.0248. The Bertz CT molecular complexity index is 937. The van der Waals surface area contributed by atoms with Gasteiger partial charge in [0.2, 0.25) is 0 Å². The molecule has 5 nitrogen and oxygen atoms in total. The molecule has 0 aromatic rings. The van der Waals surface area contributed by atoms with E-state index in [-0.39, 0.29) is 12.6 Å². The molecule has 0 spiro atoms. The van der Waals surface area contributed by atoms with E-state index in [9.17, 15) is 14.7 Å². The second-order valence-corrected chi connectivity index (χ2v) is 12.5. The Balaban J connectivity index is 3.85. The monoisotopic (exact) mass is 667 g/mol. The molecule has 0 saturated heterocycles. The van der Waals surface area contributed by atoms with Crippen LogP contribution in [-0.2, 0) is 19.1 Å². The van der Waals surface area contributed by atoms with E-state index < -0.39 is 18.7 Å². The lowest BCUT2D eigenvalue weighted by atomic mass is 10.1. The van der Waals surface area contributed by atoms with Gasteiger partial charge in [-0.1, -0.05) is 183 Å². The van der Waals surface area contributed by atoms with Crippen LogP contribution in [0.1, 0.15) is 155 Å². The average molecular weight is 667 g/mol. The van der Waals surface area contributed by atoms with E-state index >= 15 is 0 Å². The molecule has 272 valence electrons. The van der Waals surface area contributed by atoms with Crippen molar-refractivity contribution >= 4 is 11.9 Å². The average Bonchev–Trinajstić information content (AvgIpc) is 3.09. The highest BCUT2D eigenvalue weighted by atomic mass is 16.6. The van der Waals surface area contributed by atoms with Crippen molar-refractivity contribution in [3.05, 3.63) is 85.1 Å². The smallest absolute Gasteiger partial charge is 0.331 e. The summed E-state index contributed by atoms with van der Waals surface area (Å²) in [6.07, 6.45) is 52.7. The van der Waals surface area contributed by atoms with Crippen LogP contribution in [-0.4, -0.2) is 36.4 Å². The predicted molar refractivity (Wildman–Crippen MR) is 205 cm³/mol. The molecule has 0 aromatic carbocycles. The maximum absolute atomic E-state index is 12.0. The van der Waals surface area contributed by atoms with E-state index in [0.29, 0.717) is 6.42 Å². The molecule has 0 aliphatic carbocycles. The standard InChI is InChI=1S/C43H70O5/c1-3-5-7-9-11-13-15-17-19-20-21-22-24-26-28-30-32-34-36-38-43(46)48-41(39-44)40-47-42(45)37-35-33-31-29-27-25-23-18-16-14-12-10-8-6-4-2/h18-24,26,28,30,32,34,36,38,41,44H,3-17,25,27,29,31,33,35,37,39-40H2,1-2H3/b20-19?,22-21?,23-18-,26-24?,30-28?,34-32?,38-36?. The molecule has 1 atom stereocenters. The fraction of sp³-hybridized carbons (Fsp3) is 0.628. The van der Waals surface area contributed by atoms with E-state index in [0.717, 1.165) is 32.1 Å². The number of aliphatic hydroxyl groups is 1. The topological polar surface area (TPSA) is 72.8 Å². The molecular weight excluding hydrogens is 596 g/mol. The van der Waals surface area contributed by atoms with E-state index in [2.05, 4.69) is 38.2 Å². The van der Waals surface area contributed by atoms with Gasteiger partial charge in [-0.05, 0) is 44.9 Å². The van der Waals surface area contributed by atoms with E-state index in [1.807, 2.05) is 36.5 Å². The number of ether oxygens (including phenoxy) is 2. The number of unbranched alkanes of at least 4 members (excludes halogenated alkanes) is 18. The number of carbonyl (C=O) groups excluding carboxylic acids is 2. The summed E-state index contributed by atoms with van der Waals surface area (Å²) in [6.45, 7) is 3.95. The highest BCUT2D eigenvalue weighted by Gasteiger charge is 2.14. The second-order valence-electron chi connectivity index (χ2n) is 12.5. The normalized spacial score (nSPS) is 13.1. The van der Waals surface area contributed by atoms with Gasteiger partial charge in [0.05, 0.1) is 6.61 Å². The number of carbonyl (C=O) groups is 2. The third kappa shape index (κ3) is 35.9. The van der Waals surface area contributed by atoms with Gasteiger partial charge in [-0.15, -0.1) is 0 Å². The summed E-state index contributed by atoms with van der Waals surface area (Å²) in [4.78, 5) is 24.1. The number of esters is 2. The Morgan fingerprint density at radius 1 is 0.521 bits per heavy atom. The predicted octanol–water partition coefficient (Wildman–Crippen LogP) is 11.9. The minimum atomic E-state index is -0.877. The second kappa shape index (κ2) is 38.5. The molecule has 0 aromatic heterocycles. The van der Waals surface area contributed by atoms with Gasteiger partial charge in [-0.25, -0.2) is 4.79 Å². The van der Waals surface area contributed by atoms with Crippen molar-refractivity contribution in [1.29, 1.82) is 0 Å². The van der Waals surface area contributed by atoms with Gasteiger partial charge in [0, 0.05) is 12.5 Å². The molecule has 5 heteroatoms. The Morgan fingerprint density at radius 2 is 0.938 bits per heavy atom. The Hall–Kier alpha value is -2.92. The van der Waals surface area contributed by atoms with Crippen LogP contribution in [0.25, 0.3) is 0 Å². The molecule has 1 unspecified atom stereocenters. The molecule has 0 fully saturated rings. The maximum atomic E-state index is 12.0. The third-order valence-corrected chi connectivity index (χ3v) is 7.90. The van der Waals surface area contributed by atoms with Crippen molar-refractivity contribution in [2.75, 3.05) is 13.2 Å². The minimum Gasteiger partial charge on any atom is -0.462 e. The molecule has 48 heavy (non-hydrogen) atoms. The molecule has 1 N–H and O–H groups in total. The largest absolute Gasteiger partial charge is 0.462 e. The molecule has 0 aliphatic rings. The summed E-state index contributed by atoms with van der Waals surface area (Å²) < 4.78 is 10.4. The van der Waals surface area contributed by atoms with Crippen molar-refractivity contribution in [2.24, 2.45) is 0 Å². The molecule has 0 amide bonds. The van der Waals surface area contributed by atoms with Crippen molar-refractivity contribution in [1.82, 2.24) is 0 Å². The molecule has 0 saturated carbocycles. The zero-order valence-corrected chi connectivity index (χ0v) is 30.7. The van der Waals surface area contributed by atoms with E-state index in [1.165, 1.54) is 109 Å². The van der Waals surface area contributed by atoms with Crippen molar-refractivity contribution in [3.63, 3.8) is 0 Å². The van der Waals surface area contributed by atoms with Gasteiger partial charge in [0.1, 0.15) is 6.61 Å². The van der Waals surface area contributed by atoms with Gasteiger partial charge in [-0.3, -0.25) is 4.79 Å². The minimum absolute atomic E-state index is 0.145. The molecule has 0 bridgehead atoms. The van der Waals surface area contributed by atoms with E-state index in [1.54, 1.807) is 18.2 Å². The molecule has 0 rings (SSSR count). The first-order valence-corrected chi connectivity index (χ1v) is 19.3. The van der Waals surface area contributed by atoms with Crippen LogP contribution in [0.15, 0.2) is 85.1 Å². The van der Waals surface area contributed by atoms with Crippen LogP contribution in [0.2, 0.25) is 0 Å². The third-order valence-electron chi connectivity index (χ3n) is 7.90. The number of hydrogen-bond donors (Lipinski definition) is 1. The summed E-state index contributed by atoms with van der Waals surface area (Å²) in [5.41, 5.74) is 0. The van der Waals surface area contributed by atoms with Gasteiger partial charge in [-0.2, -0.15) is 0 Å². The van der Waals surface area contributed by atoms with Crippen molar-refractivity contribution in [3.8, 4) is 0 Å². The SMILES string of the molecule is CCCCCCCC/C=C\CCCCCCCC(=O)OCC(CO)OC(=O)C=CC=CC=CC=CC=CC=CCCCCCCCCC. The highest BCUT2D eigenvalue weighted by Crippen LogP contribution is 2.11. The molecule has 0 heterocycles. The molecule has 0 radical (unpaired) electrons. The van der Waals surface area contributed by atoms with Crippen LogP contribution in [0, 0.1) is 0 Å². The first-order valence-electron chi connectivity index (χ1n) is 19.3. The lowest BCUT2D eigenvalue weighted by Gasteiger charge is -2.14. The number of rotatable bonds is 33. The van der Waals surface area contributed by atoms with Crippen LogP contribution in [0.3, 0.4) is 0 Å². The van der Waals surface area contributed by atoms with E-state index in [4.69, 9.17) is 9.47 Å². The number of aliphatic hydroxyl groups excluding tert-OH is 1. The van der Waals surface area contributed by atoms with Gasteiger partial charge in [0.25, 0.3) is 0 Å². The summed E-state index contributed by atoms with van der Waals surface area (Å²) in [5.74, 6) is -0.923. The molecule has 0 aliphatic heterocycles. The number of allylic oxidation sites excluding steroid dienone is 13. The Labute approximate surface area is 295 Å². The fourth-order valence-electron chi connectivity index (χ4n) is 4.97. The first kappa shape index (κ1) is 45.1. The summed E-state index contributed by atoms with van der Waals surface area (Å²) in [7, 11) is 0. The van der Waals surface area contributed by atoms with Gasteiger partial charge >= 0.3 is 11.9 Å². The van der Waals surface area contributed by atoms with Gasteiger partial charge < -0.3 is 14.6 Å². The van der Waals surface area contributed by atoms with Crippen LogP contribution in [0.4, 0.5) is 0 Å². The van der Waals surface area contributed by atoms with Crippen LogP contribution < -0.4 is 0 Å². The van der Waals surface area contributed by atoms with Crippen LogP contribution >= 0.6 is 0 Å². The van der Waals surface area contributed by atoms with Crippen molar-refractivity contribution < 1.29 is 24.2 Å². The lowest BCUT2D eigenvalue weighted by molar-refractivity contribution is -0.157. The Kier molecular flexibility index (Phi) is 36.2. The number of hydrogen-bond acceptors (Lipinski definition) is 5. The summed E-state index contributed by atoms with van der Waals surface area (Å²) >= 11 is 0. The maximum Gasteiger partial charge on any atom is 0.331 e. The zero-order valence-electron chi connectivity index (χ0n) is 30.7. The van der Waals surface area contributed by atoms with Crippen LogP contribution in [0.5, 0.6) is 0 Å². The first-order chi connectivity index (χ1) is 23.6. The summed E-state index contributed by atoms with van der Waals surface area (Å²) in [6, 6.07) is 0.